The summed E-state index contributed by atoms with van der Waals surface area (Å²) in [6.45, 7) is 5.60. The highest BCUT2D eigenvalue weighted by molar-refractivity contribution is 6.01. The summed E-state index contributed by atoms with van der Waals surface area (Å²) in [5.41, 5.74) is 4.50. The van der Waals surface area contributed by atoms with Crippen molar-refractivity contribution in [1.29, 1.82) is 0 Å². The van der Waals surface area contributed by atoms with Crippen LogP contribution in [0, 0.1) is 0 Å². The van der Waals surface area contributed by atoms with Crippen molar-refractivity contribution in [3.8, 4) is 11.1 Å². The highest BCUT2D eigenvalue weighted by atomic mass is 16.3. The summed E-state index contributed by atoms with van der Waals surface area (Å²) < 4.78 is 7.85. The summed E-state index contributed by atoms with van der Waals surface area (Å²) in [5, 5.41) is 8.62. The van der Waals surface area contributed by atoms with E-state index in [1.165, 1.54) is 4.90 Å². The van der Waals surface area contributed by atoms with Crippen molar-refractivity contribution in [2.75, 3.05) is 65.3 Å². The van der Waals surface area contributed by atoms with Crippen LogP contribution in [0.3, 0.4) is 0 Å². The van der Waals surface area contributed by atoms with Gasteiger partial charge in [0.05, 0.1) is 12.7 Å². The first-order valence-corrected chi connectivity index (χ1v) is 14.4. The van der Waals surface area contributed by atoms with Crippen LogP contribution in [0.1, 0.15) is 29.0 Å². The van der Waals surface area contributed by atoms with Gasteiger partial charge in [0, 0.05) is 88.7 Å². The Bertz CT molecular complexity index is 1600. The Morgan fingerprint density at radius 2 is 1.86 bits per heavy atom. The molecule has 42 heavy (non-hydrogen) atoms. The number of benzene rings is 1. The van der Waals surface area contributed by atoms with Gasteiger partial charge in [-0.1, -0.05) is 11.3 Å². The van der Waals surface area contributed by atoms with Gasteiger partial charge in [-0.2, -0.15) is 0 Å². The van der Waals surface area contributed by atoms with Crippen molar-refractivity contribution in [1.82, 2.24) is 34.7 Å². The van der Waals surface area contributed by atoms with E-state index in [4.69, 9.17) is 9.40 Å². The summed E-state index contributed by atoms with van der Waals surface area (Å²) >= 11 is 0. The molecule has 11 heteroatoms. The third-order valence-corrected chi connectivity index (χ3v) is 8.02. The second-order valence-electron chi connectivity index (χ2n) is 11.2. The fraction of sp³-hybridized carbons (Fsp3) is 0.387. The van der Waals surface area contributed by atoms with E-state index >= 15 is 0 Å². The molecule has 0 unspecified atom stereocenters. The molecule has 2 amide bonds. The third kappa shape index (κ3) is 5.78. The van der Waals surface area contributed by atoms with Crippen molar-refractivity contribution in [2.45, 2.75) is 19.4 Å². The molecule has 5 heterocycles. The highest BCUT2D eigenvalue weighted by Gasteiger charge is 2.23. The molecule has 2 aliphatic heterocycles. The van der Waals surface area contributed by atoms with Crippen LogP contribution in [-0.4, -0.2) is 107 Å². The number of fused-ring (bicyclic) bond motifs is 1. The molecule has 4 aromatic rings. The number of hydrogen-bond acceptors (Lipinski definition) is 8. The molecule has 0 radical (unpaired) electrons. The SMILES string of the molecule is CN1CCN(c2ccc(-c3cc(C4=CCCN(C(=O)CCn5ccnn5)C4)cc4cc(C(=O)N(C)C)oc34)cn2)CC1. The normalized spacial score (nSPS) is 16.1. The molecule has 2 aliphatic rings. The van der Waals surface area contributed by atoms with Crippen LogP contribution in [0.5, 0.6) is 0 Å². The quantitative estimate of drug-likeness (QED) is 0.335. The molecule has 6 rings (SSSR count). The number of furan rings is 1. The minimum atomic E-state index is -0.191. The second-order valence-corrected chi connectivity index (χ2v) is 11.2. The number of rotatable bonds is 7. The molecule has 0 atom stereocenters. The maximum Gasteiger partial charge on any atom is 0.289 e. The van der Waals surface area contributed by atoms with E-state index in [9.17, 15) is 9.59 Å². The van der Waals surface area contributed by atoms with E-state index in [1.807, 2.05) is 11.1 Å². The van der Waals surface area contributed by atoms with Gasteiger partial charge in [-0.25, -0.2) is 4.98 Å². The number of pyridine rings is 1. The Balaban J connectivity index is 1.30. The lowest BCUT2D eigenvalue weighted by Gasteiger charge is -2.33. The van der Waals surface area contributed by atoms with E-state index < -0.39 is 0 Å². The van der Waals surface area contributed by atoms with Crippen LogP contribution < -0.4 is 4.90 Å². The van der Waals surface area contributed by atoms with Gasteiger partial charge < -0.3 is 24.0 Å². The molecular formula is C31H36N8O3. The number of aromatic nitrogens is 4. The van der Waals surface area contributed by atoms with Crippen molar-refractivity contribution in [3.63, 3.8) is 0 Å². The average Bonchev–Trinajstić information content (AvgIpc) is 3.70. The standard InChI is InChI=1S/C31H36N8O3/c1-35(2)31(41)27-19-25-17-24(23-5-4-10-38(21-23)29(40)8-11-39-12-9-33-34-39)18-26(30(25)42-27)22-6-7-28(32-20-22)37-15-13-36(3)14-16-37/h5-7,9,12,17-20H,4,8,10-11,13-16,21H2,1-3H3. The minimum absolute atomic E-state index is 0.0864. The molecular weight excluding hydrogens is 532 g/mol. The number of piperazine rings is 1. The Kier molecular flexibility index (Phi) is 7.75. The lowest BCUT2D eigenvalue weighted by atomic mass is 9.95. The number of likely N-dealkylation sites (N-methyl/N-ethyl adjacent to an activating group) is 1. The smallest absolute Gasteiger partial charge is 0.289 e. The van der Waals surface area contributed by atoms with E-state index in [0.717, 1.165) is 66.1 Å². The van der Waals surface area contributed by atoms with Crippen molar-refractivity contribution in [3.05, 3.63) is 66.3 Å². The van der Waals surface area contributed by atoms with Gasteiger partial charge in [0.25, 0.3) is 5.91 Å². The Hall–Kier alpha value is -4.51. The van der Waals surface area contributed by atoms with Gasteiger partial charge in [0.2, 0.25) is 5.91 Å². The minimum Gasteiger partial charge on any atom is -0.450 e. The summed E-state index contributed by atoms with van der Waals surface area (Å²) in [7, 11) is 5.56. The molecule has 1 aromatic carbocycles. The van der Waals surface area contributed by atoms with Crippen LogP contribution in [0.25, 0.3) is 27.7 Å². The van der Waals surface area contributed by atoms with Crippen LogP contribution in [0.2, 0.25) is 0 Å². The van der Waals surface area contributed by atoms with Crippen LogP contribution in [0.4, 0.5) is 5.82 Å². The number of aryl methyl sites for hydroxylation is 1. The Morgan fingerprint density at radius 3 is 2.57 bits per heavy atom. The fourth-order valence-electron chi connectivity index (χ4n) is 5.53. The maximum atomic E-state index is 13.1. The molecule has 1 fully saturated rings. The van der Waals surface area contributed by atoms with E-state index in [-0.39, 0.29) is 17.6 Å². The summed E-state index contributed by atoms with van der Waals surface area (Å²) in [5.74, 6) is 1.14. The monoisotopic (exact) mass is 568 g/mol. The van der Waals surface area contributed by atoms with Crippen molar-refractivity contribution < 1.29 is 14.0 Å². The molecule has 218 valence electrons. The summed E-state index contributed by atoms with van der Waals surface area (Å²) in [4.78, 5) is 38.7. The molecule has 0 aliphatic carbocycles. The highest BCUT2D eigenvalue weighted by Crippen LogP contribution is 2.36. The zero-order valence-corrected chi connectivity index (χ0v) is 24.4. The van der Waals surface area contributed by atoms with Gasteiger partial charge in [-0.15, -0.1) is 5.10 Å². The average molecular weight is 569 g/mol. The zero-order valence-electron chi connectivity index (χ0n) is 24.4. The van der Waals surface area contributed by atoms with E-state index in [2.05, 4.69) is 57.5 Å². The number of carbonyl (C=O) groups is 2. The molecule has 0 saturated carbocycles. The van der Waals surface area contributed by atoms with E-state index in [0.29, 0.717) is 31.6 Å². The first kappa shape index (κ1) is 27.6. The summed E-state index contributed by atoms with van der Waals surface area (Å²) in [6, 6.07) is 10.1. The van der Waals surface area contributed by atoms with Crippen LogP contribution in [0.15, 0.2) is 59.4 Å². The number of amides is 2. The molecule has 0 spiro atoms. The molecule has 0 bridgehead atoms. The number of nitrogens with zero attached hydrogens (tertiary/aromatic N) is 8. The summed E-state index contributed by atoms with van der Waals surface area (Å²) in [6.07, 6.45) is 8.60. The van der Waals surface area contributed by atoms with Gasteiger partial charge in [-0.05, 0) is 54.9 Å². The first-order valence-electron chi connectivity index (χ1n) is 14.4. The Labute approximate surface area is 245 Å². The van der Waals surface area contributed by atoms with Gasteiger partial charge in [0.1, 0.15) is 11.4 Å². The predicted molar refractivity (Wildman–Crippen MR) is 161 cm³/mol. The largest absolute Gasteiger partial charge is 0.450 e. The van der Waals surface area contributed by atoms with E-state index in [1.54, 1.807) is 37.2 Å². The zero-order chi connectivity index (χ0) is 29.2. The molecule has 3 aromatic heterocycles. The van der Waals surface area contributed by atoms with Gasteiger partial charge in [0.15, 0.2) is 5.76 Å². The second kappa shape index (κ2) is 11.8. The van der Waals surface area contributed by atoms with Crippen LogP contribution in [-0.2, 0) is 11.3 Å². The van der Waals surface area contributed by atoms with Crippen molar-refractivity contribution >= 4 is 34.2 Å². The number of carbonyl (C=O) groups excluding carboxylic acids is 2. The maximum absolute atomic E-state index is 13.1. The first-order chi connectivity index (χ1) is 20.4. The topological polar surface area (TPSA) is 104 Å². The Morgan fingerprint density at radius 1 is 1.02 bits per heavy atom. The number of anilines is 1. The number of hydrogen-bond donors (Lipinski definition) is 0. The van der Waals surface area contributed by atoms with Gasteiger partial charge >= 0.3 is 0 Å². The molecule has 1 saturated heterocycles. The third-order valence-electron chi connectivity index (χ3n) is 8.02. The fourth-order valence-corrected chi connectivity index (χ4v) is 5.53. The predicted octanol–water partition coefficient (Wildman–Crippen LogP) is 3.25. The lowest BCUT2D eigenvalue weighted by Crippen LogP contribution is -2.44. The van der Waals surface area contributed by atoms with Crippen LogP contribution >= 0.6 is 0 Å². The van der Waals surface area contributed by atoms with Crippen molar-refractivity contribution in [2.24, 2.45) is 0 Å². The lowest BCUT2D eigenvalue weighted by molar-refractivity contribution is -0.131. The molecule has 0 N–H and O–H groups in total. The molecule has 11 nitrogen and oxygen atoms in total. The van der Waals surface area contributed by atoms with Gasteiger partial charge in [-0.3, -0.25) is 14.3 Å².